The summed E-state index contributed by atoms with van der Waals surface area (Å²) in [4.78, 5) is 24.5. The van der Waals surface area contributed by atoms with Gasteiger partial charge in [0.05, 0.1) is 0 Å². The highest BCUT2D eigenvalue weighted by Crippen LogP contribution is 2.38. The molecular formula is C38H34N2O4. The molecule has 44 heavy (non-hydrogen) atoms. The second kappa shape index (κ2) is 11.5. The van der Waals surface area contributed by atoms with Gasteiger partial charge in [0.15, 0.2) is 0 Å². The molecule has 4 aliphatic rings. The summed E-state index contributed by atoms with van der Waals surface area (Å²) in [5.74, 6) is 0.354. The van der Waals surface area contributed by atoms with Gasteiger partial charge in [-0.05, 0) is 122 Å². The van der Waals surface area contributed by atoms with E-state index in [1.807, 2.05) is 72.8 Å². The number of hydrogen-bond acceptors (Lipinski definition) is 4. The van der Waals surface area contributed by atoms with Gasteiger partial charge in [-0.3, -0.25) is 9.59 Å². The van der Waals surface area contributed by atoms with E-state index in [2.05, 4.69) is 10.6 Å². The highest BCUT2D eigenvalue weighted by Gasteiger charge is 2.26. The van der Waals surface area contributed by atoms with Crippen LogP contribution in [0.2, 0.25) is 0 Å². The van der Waals surface area contributed by atoms with Gasteiger partial charge in [0.25, 0.3) is 11.8 Å². The number of carbonyl (C=O) groups excluding carboxylic acids is 2. The molecule has 0 unspecified atom stereocenters. The Morgan fingerprint density at radius 1 is 0.591 bits per heavy atom. The maximum absolute atomic E-state index is 12.3. The van der Waals surface area contributed by atoms with Gasteiger partial charge in [-0.2, -0.15) is 0 Å². The van der Waals surface area contributed by atoms with Crippen LogP contribution in [0.4, 0.5) is 11.4 Å². The summed E-state index contributed by atoms with van der Waals surface area (Å²) >= 11 is 0. The second-order valence-corrected chi connectivity index (χ2v) is 11.8. The standard InChI is InChI=1S/2C19H17NO2/c21-14-9-12-5-1-2-6-15(12)13(10-14)11-17-16-7-3-4-8-18(16)20-19(17)22;21-18-10-9-12-5-1-2-6-13(12)15(18)11-16-14-7-3-4-8-17(14)20-19(16)22/h2*3-4,7-11,21H,1-2,5-6H2,(H,20,22). The first-order valence-corrected chi connectivity index (χ1v) is 15.4. The molecule has 6 nitrogen and oxygen atoms in total. The molecule has 6 heteroatoms. The third-order valence-electron chi connectivity index (χ3n) is 9.05. The third kappa shape index (κ3) is 5.17. The average Bonchev–Trinajstić information content (AvgIpc) is 3.53. The SMILES string of the molecule is O=C1Nc2ccccc2C1=Cc1c(O)ccc2c1CCCC2.O=C1Nc2ccccc2C1=Cc1cc(O)cc2c1CCCC2. The molecule has 4 aromatic carbocycles. The van der Waals surface area contributed by atoms with E-state index in [0.29, 0.717) is 11.1 Å². The second-order valence-electron chi connectivity index (χ2n) is 11.8. The number of fused-ring (bicyclic) bond motifs is 4. The Labute approximate surface area is 256 Å². The third-order valence-corrected chi connectivity index (χ3v) is 9.05. The summed E-state index contributed by atoms with van der Waals surface area (Å²) in [7, 11) is 0. The number of aromatic hydroxyl groups is 2. The van der Waals surface area contributed by atoms with Crippen molar-refractivity contribution in [3.63, 3.8) is 0 Å². The molecule has 0 radical (unpaired) electrons. The zero-order valence-corrected chi connectivity index (χ0v) is 24.5. The van der Waals surface area contributed by atoms with Crippen LogP contribution in [0.5, 0.6) is 11.5 Å². The largest absolute Gasteiger partial charge is 0.508 e. The summed E-state index contributed by atoms with van der Waals surface area (Å²) in [5, 5.41) is 26.0. The van der Waals surface area contributed by atoms with E-state index in [-0.39, 0.29) is 23.3 Å². The van der Waals surface area contributed by atoms with Crippen molar-refractivity contribution in [2.75, 3.05) is 10.6 Å². The number of aryl methyl sites for hydroxylation is 2. The Morgan fingerprint density at radius 2 is 1.16 bits per heavy atom. The summed E-state index contributed by atoms with van der Waals surface area (Å²) in [6.45, 7) is 0. The van der Waals surface area contributed by atoms with E-state index < -0.39 is 0 Å². The first-order valence-electron chi connectivity index (χ1n) is 15.4. The summed E-state index contributed by atoms with van der Waals surface area (Å²) in [6.07, 6.45) is 12.5. The number of phenolic OH excluding ortho intramolecular Hbond substituents is 2. The van der Waals surface area contributed by atoms with Crippen LogP contribution in [-0.4, -0.2) is 22.0 Å². The number of amides is 2. The molecule has 2 aliphatic carbocycles. The lowest BCUT2D eigenvalue weighted by atomic mass is 9.87. The lowest BCUT2D eigenvalue weighted by molar-refractivity contribution is -0.111. The van der Waals surface area contributed by atoms with E-state index in [0.717, 1.165) is 78.6 Å². The molecule has 0 bridgehead atoms. The fourth-order valence-electron chi connectivity index (χ4n) is 6.88. The van der Waals surface area contributed by atoms with Gasteiger partial charge in [0.2, 0.25) is 0 Å². The maximum atomic E-state index is 12.3. The molecule has 220 valence electrons. The van der Waals surface area contributed by atoms with Gasteiger partial charge in [-0.15, -0.1) is 0 Å². The van der Waals surface area contributed by atoms with Gasteiger partial charge >= 0.3 is 0 Å². The minimum absolute atomic E-state index is 0.0749. The van der Waals surface area contributed by atoms with E-state index in [1.165, 1.54) is 28.7 Å². The Kier molecular flexibility index (Phi) is 7.26. The zero-order chi connectivity index (χ0) is 30.2. The predicted octanol–water partition coefficient (Wildman–Crippen LogP) is 7.53. The lowest BCUT2D eigenvalue weighted by Crippen LogP contribution is -2.06. The molecule has 4 N–H and O–H groups in total. The van der Waals surface area contributed by atoms with E-state index in [1.54, 1.807) is 12.1 Å². The summed E-state index contributed by atoms with van der Waals surface area (Å²) < 4.78 is 0. The predicted molar refractivity (Wildman–Crippen MR) is 175 cm³/mol. The van der Waals surface area contributed by atoms with Crippen LogP contribution in [0.25, 0.3) is 23.3 Å². The van der Waals surface area contributed by atoms with Crippen LogP contribution in [-0.2, 0) is 35.3 Å². The van der Waals surface area contributed by atoms with Gasteiger partial charge in [-0.25, -0.2) is 0 Å². The van der Waals surface area contributed by atoms with Crippen LogP contribution < -0.4 is 10.6 Å². The molecule has 2 heterocycles. The highest BCUT2D eigenvalue weighted by molar-refractivity contribution is 6.35. The van der Waals surface area contributed by atoms with Crippen molar-refractivity contribution in [3.8, 4) is 11.5 Å². The number of rotatable bonds is 2. The first kappa shape index (κ1) is 27.7. The van der Waals surface area contributed by atoms with E-state index in [4.69, 9.17) is 0 Å². The molecule has 0 aromatic heterocycles. The van der Waals surface area contributed by atoms with Crippen molar-refractivity contribution in [2.45, 2.75) is 51.4 Å². The highest BCUT2D eigenvalue weighted by atomic mass is 16.3. The number of benzene rings is 4. The summed E-state index contributed by atoms with van der Waals surface area (Å²) in [5.41, 5.74) is 11.6. The van der Waals surface area contributed by atoms with Crippen molar-refractivity contribution in [2.24, 2.45) is 0 Å². The number of phenols is 2. The smallest absolute Gasteiger partial charge is 0.256 e. The minimum atomic E-state index is -0.103. The van der Waals surface area contributed by atoms with Crippen molar-refractivity contribution < 1.29 is 19.8 Å². The monoisotopic (exact) mass is 582 g/mol. The van der Waals surface area contributed by atoms with Gasteiger partial charge in [0.1, 0.15) is 11.5 Å². The summed E-state index contributed by atoms with van der Waals surface area (Å²) in [6, 6.07) is 22.8. The molecule has 0 atom stereocenters. The molecular weight excluding hydrogens is 548 g/mol. The maximum Gasteiger partial charge on any atom is 0.256 e. The van der Waals surface area contributed by atoms with Crippen molar-refractivity contribution in [1.29, 1.82) is 0 Å². The van der Waals surface area contributed by atoms with Crippen LogP contribution >= 0.6 is 0 Å². The Balaban J connectivity index is 0.000000142. The Morgan fingerprint density at radius 3 is 1.84 bits per heavy atom. The van der Waals surface area contributed by atoms with Crippen LogP contribution in [0.15, 0.2) is 72.8 Å². The van der Waals surface area contributed by atoms with Crippen LogP contribution in [0, 0.1) is 0 Å². The number of para-hydroxylation sites is 2. The number of hydrogen-bond donors (Lipinski definition) is 4. The van der Waals surface area contributed by atoms with Crippen molar-refractivity contribution >= 4 is 46.5 Å². The lowest BCUT2D eigenvalue weighted by Gasteiger charge is -2.19. The topological polar surface area (TPSA) is 98.7 Å². The fraction of sp³-hybridized carbons (Fsp3) is 0.211. The van der Waals surface area contributed by atoms with Gasteiger partial charge in [0, 0.05) is 39.2 Å². The minimum Gasteiger partial charge on any atom is -0.508 e. The molecule has 4 aromatic rings. The molecule has 0 saturated heterocycles. The number of nitrogens with one attached hydrogen (secondary N) is 2. The van der Waals surface area contributed by atoms with Crippen LogP contribution in [0.3, 0.4) is 0 Å². The van der Waals surface area contributed by atoms with Crippen molar-refractivity contribution in [3.05, 3.63) is 117 Å². The number of anilines is 2. The van der Waals surface area contributed by atoms with E-state index >= 15 is 0 Å². The van der Waals surface area contributed by atoms with E-state index in [9.17, 15) is 19.8 Å². The van der Waals surface area contributed by atoms with Gasteiger partial charge in [-0.1, -0.05) is 42.5 Å². The average molecular weight is 583 g/mol. The zero-order valence-electron chi connectivity index (χ0n) is 24.5. The molecule has 2 aliphatic heterocycles. The molecule has 0 saturated carbocycles. The molecule has 0 fully saturated rings. The molecule has 2 amide bonds. The fourth-order valence-corrected chi connectivity index (χ4v) is 6.88. The van der Waals surface area contributed by atoms with Gasteiger partial charge < -0.3 is 20.8 Å². The Bertz CT molecular complexity index is 1880. The first-order chi connectivity index (χ1) is 21.5. The number of carbonyl (C=O) groups is 2. The normalized spacial score (nSPS) is 18.0. The van der Waals surface area contributed by atoms with Crippen molar-refractivity contribution in [1.82, 2.24) is 0 Å². The molecule has 8 rings (SSSR count). The molecule has 0 spiro atoms. The Hall–Kier alpha value is -5.10. The van der Waals surface area contributed by atoms with Crippen LogP contribution in [0.1, 0.15) is 70.2 Å². The quantitative estimate of drug-likeness (QED) is 0.184.